The van der Waals surface area contributed by atoms with Crippen LogP contribution in [0.1, 0.15) is 42.2 Å². The van der Waals surface area contributed by atoms with Crippen molar-refractivity contribution < 1.29 is 14.3 Å². The number of nitrogens with zero attached hydrogens (tertiary/aromatic N) is 2. The smallest absolute Gasteiger partial charge is 0.306 e. The van der Waals surface area contributed by atoms with Crippen molar-refractivity contribution in [1.29, 1.82) is 0 Å². The molecule has 5 heteroatoms. The van der Waals surface area contributed by atoms with E-state index in [1.807, 2.05) is 43.3 Å². The second-order valence-corrected chi connectivity index (χ2v) is 8.69. The van der Waals surface area contributed by atoms with E-state index in [1.54, 1.807) is 7.11 Å². The van der Waals surface area contributed by atoms with Crippen LogP contribution in [0.25, 0.3) is 0 Å². The molecule has 1 heterocycles. The van der Waals surface area contributed by atoms with Crippen LogP contribution in [-0.2, 0) is 16.1 Å². The van der Waals surface area contributed by atoms with Crippen LogP contribution in [-0.4, -0.2) is 49.1 Å². The third-order valence-electron chi connectivity index (χ3n) is 6.47. The molecule has 0 radical (unpaired) electrons. The number of carbonyl (C=O) groups is 1. The minimum Gasteiger partial charge on any atom is -0.497 e. The largest absolute Gasteiger partial charge is 0.497 e. The molecule has 0 N–H and O–H groups in total. The minimum atomic E-state index is -0.357. The van der Waals surface area contributed by atoms with E-state index < -0.39 is 0 Å². The first-order valence-electron chi connectivity index (χ1n) is 12.1. The zero-order valence-corrected chi connectivity index (χ0v) is 20.1. The first kappa shape index (κ1) is 24.0. The topological polar surface area (TPSA) is 42.0 Å². The van der Waals surface area contributed by atoms with Gasteiger partial charge in [0.1, 0.15) is 11.9 Å². The number of piperazine rings is 1. The van der Waals surface area contributed by atoms with Gasteiger partial charge in [-0.1, -0.05) is 79.7 Å². The first-order valence-corrected chi connectivity index (χ1v) is 12.1. The van der Waals surface area contributed by atoms with Crippen LogP contribution in [0.4, 0.5) is 0 Å². The Morgan fingerprint density at radius 3 is 1.97 bits per heavy atom. The third kappa shape index (κ3) is 6.04. The third-order valence-corrected chi connectivity index (χ3v) is 6.47. The lowest BCUT2D eigenvalue weighted by molar-refractivity contribution is -0.153. The molecule has 0 saturated carbocycles. The number of carbonyl (C=O) groups excluding carboxylic acids is 1. The van der Waals surface area contributed by atoms with Gasteiger partial charge in [0.05, 0.1) is 13.2 Å². The Morgan fingerprint density at radius 1 is 0.824 bits per heavy atom. The zero-order chi connectivity index (χ0) is 23.8. The lowest BCUT2D eigenvalue weighted by Gasteiger charge is -2.42. The molecule has 1 fully saturated rings. The van der Waals surface area contributed by atoms with Crippen LogP contribution < -0.4 is 4.74 Å². The maximum absolute atomic E-state index is 12.5. The van der Waals surface area contributed by atoms with Crippen LogP contribution in [0.3, 0.4) is 0 Å². The van der Waals surface area contributed by atoms with Gasteiger partial charge in [0.15, 0.2) is 0 Å². The molecule has 1 aliphatic heterocycles. The molecule has 178 valence electrons. The Morgan fingerprint density at radius 2 is 1.41 bits per heavy atom. The lowest BCUT2D eigenvalue weighted by atomic mass is 9.93. The molecule has 0 aliphatic carbocycles. The molecular weight excluding hydrogens is 424 g/mol. The SMILES string of the molecule is CCC(=O)OC(c1ccccc1)C(c1ccccc1)N1CCN(Cc2ccc(OC)cc2)CC1. The molecule has 0 amide bonds. The van der Waals surface area contributed by atoms with Gasteiger partial charge in [-0.3, -0.25) is 14.6 Å². The molecule has 0 bridgehead atoms. The standard InChI is InChI=1S/C29H34N2O3/c1-3-27(32)34-29(25-12-8-5-9-13-25)28(24-10-6-4-7-11-24)31-20-18-30(19-21-31)22-23-14-16-26(33-2)17-15-23/h4-17,28-29H,3,18-22H2,1-2H3. The highest BCUT2D eigenvalue weighted by Gasteiger charge is 2.34. The van der Waals surface area contributed by atoms with Crippen LogP contribution in [0.2, 0.25) is 0 Å². The van der Waals surface area contributed by atoms with Gasteiger partial charge in [-0.25, -0.2) is 0 Å². The average Bonchev–Trinajstić information content (AvgIpc) is 2.90. The van der Waals surface area contributed by atoms with Gasteiger partial charge in [0, 0.05) is 39.1 Å². The molecule has 4 rings (SSSR count). The number of esters is 1. The van der Waals surface area contributed by atoms with Crippen LogP contribution in [0.5, 0.6) is 5.75 Å². The Hall–Kier alpha value is -3.15. The van der Waals surface area contributed by atoms with Crippen LogP contribution >= 0.6 is 0 Å². The van der Waals surface area contributed by atoms with E-state index >= 15 is 0 Å². The van der Waals surface area contributed by atoms with Crippen molar-refractivity contribution in [2.75, 3.05) is 33.3 Å². The molecule has 3 aromatic carbocycles. The summed E-state index contributed by atoms with van der Waals surface area (Å²) >= 11 is 0. The average molecular weight is 459 g/mol. The number of benzene rings is 3. The Kier molecular flexibility index (Phi) is 8.34. The van der Waals surface area contributed by atoms with Crippen molar-refractivity contribution in [2.24, 2.45) is 0 Å². The number of ether oxygens (including phenoxy) is 2. The quantitative estimate of drug-likeness (QED) is 0.410. The van der Waals surface area contributed by atoms with Crippen LogP contribution in [0.15, 0.2) is 84.9 Å². The molecule has 3 aromatic rings. The molecule has 0 aromatic heterocycles. The van der Waals surface area contributed by atoms with Crippen molar-refractivity contribution in [2.45, 2.75) is 32.0 Å². The molecule has 2 atom stereocenters. The van der Waals surface area contributed by atoms with E-state index in [2.05, 4.69) is 58.3 Å². The minimum absolute atomic E-state index is 0.0396. The summed E-state index contributed by atoms with van der Waals surface area (Å²) in [5.41, 5.74) is 3.48. The predicted molar refractivity (Wildman–Crippen MR) is 135 cm³/mol. The summed E-state index contributed by atoms with van der Waals surface area (Å²) in [4.78, 5) is 17.4. The summed E-state index contributed by atoms with van der Waals surface area (Å²) in [5.74, 6) is 0.709. The summed E-state index contributed by atoms with van der Waals surface area (Å²) in [6.07, 6.45) is 0.00436. The van der Waals surface area contributed by atoms with Crippen molar-refractivity contribution in [3.8, 4) is 5.75 Å². The number of rotatable bonds is 9. The normalized spacial score (nSPS) is 16.5. The maximum atomic E-state index is 12.5. The first-order chi connectivity index (χ1) is 16.7. The summed E-state index contributed by atoms with van der Waals surface area (Å²) in [5, 5.41) is 0. The van der Waals surface area contributed by atoms with Gasteiger partial charge >= 0.3 is 5.97 Å². The van der Waals surface area contributed by atoms with E-state index in [9.17, 15) is 4.79 Å². The number of methoxy groups -OCH3 is 1. The van der Waals surface area contributed by atoms with Gasteiger partial charge in [0.25, 0.3) is 0 Å². The van der Waals surface area contributed by atoms with E-state index in [1.165, 1.54) is 11.1 Å². The fourth-order valence-corrected chi connectivity index (χ4v) is 4.60. The zero-order valence-electron chi connectivity index (χ0n) is 20.1. The van der Waals surface area contributed by atoms with E-state index in [-0.39, 0.29) is 18.1 Å². The van der Waals surface area contributed by atoms with E-state index in [4.69, 9.17) is 9.47 Å². The Balaban J connectivity index is 1.53. The van der Waals surface area contributed by atoms with Crippen molar-refractivity contribution in [3.05, 3.63) is 102 Å². The Labute approximate surface area is 202 Å². The monoisotopic (exact) mass is 458 g/mol. The fourth-order valence-electron chi connectivity index (χ4n) is 4.60. The highest BCUT2D eigenvalue weighted by Crippen LogP contribution is 2.38. The molecule has 5 nitrogen and oxygen atoms in total. The fraction of sp³-hybridized carbons (Fsp3) is 0.345. The molecule has 34 heavy (non-hydrogen) atoms. The second-order valence-electron chi connectivity index (χ2n) is 8.69. The summed E-state index contributed by atoms with van der Waals surface area (Å²) in [6, 6.07) is 28.8. The van der Waals surface area contributed by atoms with Crippen molar-refractivity contribution in [1.82, 2.24) is 9.80 Å². The molecule has 2 unspecified atom stereocenters. The van der Waals surface area contributed by atoms with Gasteiger partial charge in [-0.2, -0.15) is 0 Å². The molecule has 1 aliphatic rings. The van der Waals surface area contributed by atoms with Crippen molar-refractivity contribution >= 4 is 5.97 Å². The van der Waals surface area contributed by atoms with Gasteiger partial charge in [-0.15, -0.1) is 0 Å². The van der Waals surface area contributed by atoms with E-state index in [0.29, 0.717) is 6.42 Å². The van der Waals surface area contributed by atoms with Crippen LogP contribution in [0, 0.1) is 0 Å². The summed E-state index contributed by atoms with van der Waals surface area (Å²) in [6.45, 7) is 6.49. The lowest BCUT2D eigenvalue weighted by Crippen LogP contribution is -2.48. The predicted octanol–water partition coefficient (Wildman–Crippen LogP) is 5.25. The molecular formula is C29H34N2O3. The van der Waals surface area contributed by atoms with Gasteiger partial charge < -0.3 is 9.47 Å². The molecule has 0 spiro atoms. The number of hydrogen-bond acceptors (Lipinski definition) is 5. The van der Waals surface area contributed by atoms with Gasteiger partial charge in [-0.05, 0) is 28.8 Å². The highest BCUT2D eigenvalue weighted by molar-refractivity contribution is 5.69. The summed E-state index contributed by atoms with van der Waals surface area (Å²) in [7, 11) is 1.69. The van der Waals surface area contributed by atoms with Gasteiger partial charge in [0.2, 0.25) is 0 Å². The summed E-state index contributed by atoms with van der Waals surface area (Å²) < 4.78 is 11.4. The maximum Gasteiger partial charge on any atom is 0.306 e. The number of hydrogen-bond donors (Lipinski definition) is 0. The van der Waals surface area contributed by atoms with E-state index in [0.717, 1.165) is 44.0 Å². The molecule has 1 saturated heterocycles. The second kappa shape index (κ2) is 11.8. The Bertz CT molecular complexity index is 1020. The highest BCUT2D eigenvalue weighted by atomic mass is 16.5. The van der Waals surface area contributed by atoms with Crippen molar-refractivity contribution in [3.63, 3.8) is 0 Å².